The summed E-state index contributed by atoms with van der Waals surface area (Å²) in [5, 5.41) is 4.58. The topological polar surface area (TPSA) is 38.3 Å². The van der Waals surface area contributed by atoms with Crippen LogP contribution >= 0.6 is 23.2 Å². The Morgan fingerprint density at radius 1 is 0.955 bits per heavy atom. The van der Waals surface area contributed by atoms with Crippen LogP contribution in [0.5, 0.6) is 0 Å². The second-order valence-corrected chi connectivity index (χ2v) is 5.82. The molecule has 116 valence electrons. The number of hydrogen-bond donors (Lipinski definition) is 1. The molecule has 0 fully saturated rings. The molecule has 1 N–H and O–H groups in total. The van der Waals surface area contributed by atoms with E-state index in [9.17, 15) is 4.79 Å². The first-order chi connectivity index (χ1) is 10.5. The fourth-order valence-corrected chi connectivity index (χ4v) is 2.42. The number of rotatable bonds is 5. The van der Waals surface area contributed by atoms with Gasteiger partial charge in [0, 0.05) is 16.1 Å². The largest absolute Gasteiger partial charge is 0.468 e. The molecule has 0 saturated heterocycles. The number of carbonyl (C=O) groups is 1. The van der Waals surface area contributed by atoms with Crippen LogP contribution in [0.4, 0.5) is 0 Å². The van der Waals surface area contributed by atoms with Crippen molar-refractivity contribution in [1.29, 1.82) is 0 Å². The van der Waals surface area contributed by atoms with E-state index in [2.05, 4.69) is 5.32 Å². The fraction of sp³-hybridized carbons (Fsp3) is 0.235. The van der Waals surface area contributed by atoms with Gasteiger partial charge in [0.15, 0.2) is 0 Å². The summed E-state index contributed by atoms with van der Waals surface area (Å²) in [4.78, 5) is 12.1. The number of hydrogen-bond acceptors (Lipinski definition) is 3. The average Bonchev–Trinajstić information content (AvgIpc) is 2.53. The molecule has 2 aromatic rings. The van der Waals surface area contributed by atoms with Crippen LogP contribution in [0, 0.1) is 0 Å². The zero-order valence-corrected chi connectivity index (χ0v) is 13.9. The van der Waals surface area contributed by atoms with Crippen LogP contribution in [0.2, 0.25) is 10.0 Å². The van der Waals surface area contributed by atoms with E-state index in [0.717, 1.165) is 11.1 Å². The smallest absolute Gasteiger partial charge is 0.327 e. The lowest BCUT2D eigenvalue weighted by atomic mass is 10.0. The third-order valence-corrected chi connectivity index (χ3v) is 3.93. The Morgan fingerprint density at radius 2 is 1.41 bits per heavy atom. The predicted molar refractivity (Wildman–Crippen MR) is 89.2 cm³/mol. The van der Waals surface area contributed by atoms with Crippen LogP contribution in [0.15, 0.2) is 48.5 Å². The zero-order valence-electron chi connectivity index (χ0n) is 12.3. The van der Waals surface area contributed by atoms with Crippen LogP contribution in [0.1, 0.15) is 30.1 Å². The normalized spacial score (nSPS) is 13.5. The molecule has 1 unspecified atom stereocenters. The molecule has 0 heterocycles. The maximum absolute atomic E-state index is 12.1. The molecule has 5 heteroatoms. The molecule has 2 aromatic carbocycles. The second-order valence-electron chi connectivity index (χ2n) is 4.95. The van der Waals surface area contributed by atoms with Crippen molar-refractivity contribution in [2.45, 2.75) is 19.0 Å². The van der Waals surface area contributed by atoms with Crippen molar-refractivity contribution in [3.8, 4) is 0 Å². The van der Waals surface area contributed by atoms with E-state index in [1.54, 1.807) is 12.1 Å². The summed E-state index contributed by atoms with van der Waals surface area (Å²) < 4.78 is 4.90. The monoisotopic (exact) mass is 337 g/mol. The average molecular weight is 338 g/mol. The van der Waals surface area contributed by atoms with Gasteiger partial charge in [0.1, 0.15) is 6.04 Å². The molecule has 2 rings (SSSR count). The third-order valence-electron chi connectivity index (χ3n) is 3.43. The van der Waals surface area contributed by atoms with Crippen molar-refractivity contribution in [1.82, 2.24) is 5.32 Å². The van der Waals surface area contributed by atoms with Gasteiger partial charge in [-0.3, -0.25) is 5.32 Å². The molecule has 0 aliphatic carbocycles. The standard InChI is InChI=1S/C17H17Cl2NO2/c1-11(12-3-7-14(18)8-4-12)20-16(17(21)22-2)13-5-9-15(19)10-6-13/h3-11,16,20H,1-2H3/t11?,16-/m0/s1. The van der Waals surface area contributed by atoms with E-state index in [1.165, 1.54) is 7.11 Å². The number of halogens is 2. The summed E-state index contributed by atoms with van der Waals surface area (Å²) >= 11 is 11.8. The SMILES string of the molecule is COC(=O)[C@@H](NC(C)c1ccc(Cl)cc1)c1ccc(Cl)cc1. The molecule has 0 bridgehead atoms. The minimum Gasteiger partial charge on any atom is -0.468 e. The Hall–Kier alpha value is -1.55. The molecule has 3 nitrogen and oxygen atoms in total. The van der Waals surface area contributed by atoms with Crippen molar-refractivity contribution in [3.05, 3.63) is 69.7 Å². The quantitative estimate of drug-likeness (QED) is 0.813. The van der Waals surface area contributed by atoms with Gasteiger partial charge in [-0.15, -0.1) is 0 Å². The lowest BCUT2D eigenvalue weighted by Crippen LogP contribution is -2.31. The minimum atomic E-state index is -0.562. The van der Waals surface area contributed by atoms with Gasteiger partial charge in [0.2, 0.25) is 0 Å². The summed E-state index contributed by atoms with van der Waals surface area (Å²) in [6.45, 7) is 1.98. The minimum absolute atomic E-state index is 0.0444. The first kappa shape index (κ1) is 16.8. The maximum atomic E-state index is 12.1. The molecule has 0 amide bonds. The zero-order chi connectivity index (χ0) is 16.1. The highest BCUT2D eigenvalue weighted by Gasteiger charge is 2.23. The lowest BCUT2D eigenvalue weighted by Gasteiger charge is -2.22. The van der Waals surface area contributed by atoms with Crippen LogP contribution in [0.3, 0.4) is 0 Å². The summed E-state index contributed by atoms with van der Waals surface area (Å²) in [5.41, 5.74) is 1.84. The molecule has 0 aliphatic heterocycles. The molecular formula is C17H17Cl2NO2. The van der Waals surface area contributed by atoms with E-state index in [-0.39, 0.29) is 12.0 Å². The number of ether oxygens (including phenoxy) is 1. The van der Waals surface area contributed by atoms with Crippen molar-refractivity contribution < 1.29 is 9.53 Å². The molecule has 0 radical (unpaired) electrons. The second kappa shape index (κ2) is 7.63. The van der Waals surface area contributed by atoms with E-state index in [1.807, 2.05) is 43.3 Å². The van der Waals surface area contributed by atoms with Crippen LogP contribution in [0.25, 0.3) is 0 Å². The van der Waals surface area contributed by atoms with Gasteiger partial charge in [0.05, 0.1) is 7.11 Å². The van der Waals surface area contributed by atoms with Gasteiger partial charge < -0.3 is 4.74 Å². The molecule has 2 atom stereocenters. The summed E-state index contributed by atoms with van der Waals surface area (Å²) in [5.74, 6) is -0.344. The first-order valence-corrected chi connectivity index (χ1v) is 7.61. The highest BCUT2D eigenvalue weighted by Crippen LogP contribution is 2.23. The van der Waals surface area contributed by atoms with Gasteiger partial charge >= 0.3 is 5.97 Å². The first-order valence-electron chi connectivity index (χ1n) is 6.86. The number of benzene rings is 2. The Labute approximate surface area is 140 Å². The van der Waals surface area contributed by atoms with Crippen LogP contribution in [-0.4, -0.2) is 13.1 Å². The summed E-state index contributed by atoms with van der Waals surface area (Å²) in [7, 11) is 1.37. The Kier molecular flexibility index (Phi) is 5.83. The number of carbonyl (C=O) groups excluding carboxylic acids is 1. The number of nitrogens with one attached hydrogen (secondary N) is 1. The van der Waals surface area contributed by atoms with Gasteiger partial charge in [-0.1, -0.05) is 47.5 Å². The Bertz CT molecular complexity index is 626. The Morgan fingerprint density at radius 3 is 1.86 bits per heavy atom. The molecule has 0 aliphatic rings. The number of esters is 1. The van der Waals surface area contributed by atoms with Gasteiger partial charge in [-0.2, -0.15) is 0 Å². The van der Waals surface area contributed by atoms with Gasteiger partial charge in [-0.25, -0.2) is 4.79 Å². The van der Waals surface area contributed by atoms with E-state index in [0.29, 0.717) is 10.0 Å². The molecule has 0 spiro atoms. The highest BCUT2D eigenvalue weighted by molar-refractivity contribution is 6.30. The van der Waals surface area contributed by atoms with Crippen LogP contribution < -0.4 is 5.32 Å². The summed E-state index contributed by atoms with van der Waals surface area (Å²) in [6.07, 6.45) is 0. The molecule has 22 heavy (non-hydrogen) atoms. The van der Waals surface area contributed by atoms with Crippen molar-refractivity contribution in [2.24, 2.45) is 0 Å². The maximum Gasteiger partial charge on any atom is 0.327 e. The third kappa shape index (κ3) is 4.23. The van der Waals surface area contributed by atoms with E-state index in [4.69, 9.17) is 27.9 Å². The van der Waals surface area contributed by atoms with Crippen LogP contribution in [-0.2, 0) is 9.53 Å². The predicted octanol–water partition coefficient (Wildman–Crippen LogP) is 4.56. The van der Waals surface area contributed by atoms with Gasteiger partial charge in [-0.05, 0) is 42.3 Å². The Balaban J connectivity index is 2.21. The highest BCUT2D eigenvalue weighted by atomic mass is 35.5. The molecular weight excluding hydrogens is 321 g/mol. The fourth-order valence-electron chi connectivity index (χ4n) is 2.17. The molecule has 0 aromatic heterocycles. The van der Waals surface area contributed by atoms with Crippen molar-refractivity contribution in [3.63, 3.8) is 0 Å². The summed E-state index contributed by atoms with van der Waals surface area (Å²) in [6, 6.07) is 14.0. The van der Waals surface area contributed by atoms with Gasteiger partial charge in [0.25, 0.3) is 0 Å². The van der Waals surface area contributed by atoms with Crippen molar-refractivity contribution in [2.75, 3.05) is 7.11 Å². The molecule has 0 saturated carbocycles. The van der Waals surface area contributed by atoms with Crippen molar-refractivity contribution >= 4 is 29.2 Å². The van der Waals surface area contributed by atoms with E-state index < -0.39 is 6.04 Å². The number of methoxy groups -OCH3 is 1. The van der Waals surface area contributed by atoms with E-state index >= 15 is 0 Å². The lowest BCUT2D eigenvalue weighted by molar-refractivity contribution is -0.143.